The molecule has 0 aromatic heterocycles. The van der Waals surface area contributed by atoms with Crippen LogP contribution in [-0.2, 0) is 28.5 Å². The van der Waals surface area contributed by atoms with Gasteiger partial charge >= 0.3 is 11.9 Å². The Balaban J connectivity index is 2.90. The van der Waals surface area contributed by atoms with Crippen LogP contribution in [0.25, 0.3) is 0 Å². The van der Waals surface area contributed by atoms with Crippen molar-refractivity contribution in [3.63, 3.8) is 0 Å². The lowest BCUT2D eigenvalue weighted by atomic mass is 10.0. The molecular formula is C29H50O6. The summed E-state index contributed by atoms with van der Waals surface area (Å²) in [5.41, 5.74) is 0. The van der Waals surface area contributed by atoms with E-state index in [4.69, 9.17) is 18.9 Å². The van der Waals surface area contributed by atoms with Crippen LogP contribution in [-0.4, -0.2) is 30.4 Å². The predicted molar refractivity (Wildman–Crippen MR) is 140 cm³/mol. The summed E-state index contributed by atoms with van der Waals surface area (Å²) in [5, 5.41) is 0. The standard InChI is InChI=1S/C29H50O6/c1-6-9-12-14-16-18-27(30)33-25-20-21-29(35-24(4)5,32-22-11-8-3)23-26(25)34-28(31)19-17-15-13-10-7-2/h20-21,24H,6-19,22-23H2,1-5H3. The topological polar surface area (TPSA) is 71.1 Å². The molecule has 0 aliphatic heterocycles. The van der Waals surface area contributed by atoms with Gasteiger partial charge in [0.25, 0.3) is 0 Å². The molecule has 0 bridgehead atoms. The summed E-state index contributed by atoms with van der Waals surface area (Å²) < 4.78 is 23.7. The van der Waals surface area contributed by atoms with Gasteiger partial charge < -0.3 is 18.9 Å². The third kappa shape index (κ3) is 13.9. The minimum absolute atomic E-state index is 0.0935. The Morgan fingerprint density at radius 1 is 0.800 bits per heavy atom. The highest BCUT2D eigenvalue weighted by Crippen LogP contribution is 2.34. The monoisotopic (exact) mass is 494 g/mol. The van der Waals surface area contributed by atoms with Gasteiger partial charge in [-0.1, -0.05) is 78.6 Å². The first-order valence-electron chi connectivity index (χ1n) is 14.0. The number of rotatable bonds is 20. The number of ether oxygens (including phenoxy) is 4. The number of carbonyl (C=O) groups excluding carboxylic acids is 2. The second-order valence-corrected chi connectivity index (χ2v) is 9.75. The molecule has 1 rings (SSSR count). The number of unbranched alkanes of at least 4 members (excludes halogenated alkanes) is 9. The van der Waals surface area contributed by atoms with Crippen molar-refractivity contribution in [2.45, 2.75) is 143 Å². The van der Waals surface area contributed by atoms with Crippen molar-refractivity contribution in [1.29, 1.82) is 0 Å². The van der Waals surface area contributed by atoms with Crippen LogP contribution in [0.3, 0.4) is 0 Å². The van der Waals surface area contributed by atoms with Gasteiger partial charge in [0, 0.05) is 12.8 Å². The van der Waals surface area contributed by atoms with E-state index < -0.39 is 5.79 Å². The maximum atomic E-state index is 12.6. The van der Waals surface area contributed by atoms with E-state index in [0.717, 1.165) is 64.2 Å². The minimum atomic E-state index is -1.05. The van der Waals surface area contributed by atoms with Gasteiger partial charge in [-0.15, -0.1) is 0 Å². The lowest BCUT2D eigenvalue weighted by Crippen LogP contribution is -2.39. The van der Waals surface area contributed by atoms with Gasteiger partial charge in [-0.25, -0.2) is 0 Å². The SMILES string of the molecule is CCCCCCCC(=O)OC1=C(OC(=O)CCCCCCC)CC(OCCCC)(OC(C)C)C=C1. The molecule has 0 N–H and O–H groups in total. The molecule has 1 unspecified atom stereocenters. The van der Waals surface area contributed by atoms with Gasteiger partial charge in [-0.05, 0) is 45.3 Å². The zero-order valence-corrected chi connectivity index (χ0v) is 23.0. The summed E-state index contributed by atoms with van der Waals surface area (Å²) in [7, 11) is 0. The van der Waals surface area contributed by atoms with E-state index >= 15 is 0 Å². The number of hydrogen-bond donors (Lipinski definition) is 0. The Morgan fingerprint density at radius 3 is 1.89 bits per heavy atom. The lowest BCUT2D eigenvalue weighted by molar-refractivity contribution is -0.226. The fraction of sp³-hybridized carbons (Fsp3) is 0.793. The van der Waals surface area contributed by atoms with Crippen LogP contribution in [0.5, 0.6) is 0 Å². The van der Waals surface area contributed by atoms with Crippen molar-refractivity contribution < 1.29 is 28.5 Å². The van der Waals surface area contributed by atoms with E-state index in [2.05, 4.69) is 20.8 Å². The average Bonchev–Trinajstić information content (AvgIpc) is 2.80. The molecule has 35 heavy (non-hydrogen) atoms. The van der Waals surface area contributed by atoms with E-state index in [-0.39, 0.29) is 30.2 Å². The van der Waals surface area contributed by atoms with E-state index in [0.29, 0.717) is 25.2 Å². The Bertz CT molecular complexity index is 666. The maximum absolute atomic E-state index is 12.6. The highest BCUT2D eigenvalue weighted by atomic mass is 16.7. The molecule has 1 aliphatic carbocycles. The van der Waals surface area contributed by atoms with Crippen molar-refractivity contribution in [2.24, 2.45) is 0 Å². The van der Waals surface area contributed by atoms with Crippen LogP contribution in [0.4, 0.5) is 0 Å². The molecule has 0 spiro atoms. The molecule has 1 aliphatic rings. The van der Waals surface area contributed by atoms with Gasteiger partial charge in [-0.3, -0.25) is 9.59 Å². The summed E-state index contributed by atoms with van der Waals surface area (Å²) in [5.74, 6) is -1.08. The predicted octanol–water partition coefficient (Wildman–Crippen LogP) is 7.90. The molecule has 202 valence electrons. The molecule has 1 atom stereocenters. The highest BCUT2D eigenvalue weighted by molar-refractivity contribution is 5.72. The summed E-state index contributed by atoms with van der Waals surface area (Å²) in [6.45, 7) is 10.8. The zero-order valence-electron chi connectivity index (χ0n) is 23.0. The second-order valence-electron chi connectivity index (χ2n) is 9.75. The molecule has 0 amide bonds. The number of carbonyl (C=O) groups is 2. The Hall–Kier alpha value is -1.66. The van der Waals surface area contributed by atoms with Crippen molar-refractivity contribution >= 4 is 11.9 Å². The van der Waals surface area contributed by atoms with Crippen LogP contribution >= 0.6 is 0 Å². The lowest BCUT2D eigenvalue weighted by Gasteiger charge is -2.35. The fourth-order valence-corrected chi connectivity index (χ4v) is 3.95. The third-order valence-electron chi connectivity index (χ3n) is 5.88. The molecular weight excluding hydrogens is 444 g/mol. The van der Waals surface area contributed by atoms with Gasteiger partial charge in [0.1, 0.15) is 0 Å². The molecule has 6 heteroatoms. The van der Waals surface area contributed by atoms with Gasteiger partial charge in [0.2, 0.25) is 0 Å². The smallest absolute Gasteiger partial charge is 0.311 e. The zero-order chi connectivity index (χ0) is 25.9. The van der Waals surface area contributed by atoms with Crippen LogP contribution in [0.15, 0.2) is 23.7 Å². The van der Waals surface area contributed by atoms with E-state index in [1.165, 1.54) is 12.8 Å². The van der Waals surface area contributed by atoms with Crippen LogP contribution in [0.1, 0.15) is 131 Å². The average molecular weight is 495 g/mol. The highest BCUT2D eigenvalue weighted by Gasteiger charge is 2.38. The largest absolute Gasteiger partial charge is 0.427 e. The number of esters is 2. The molecule has 0 aromatic carbocycles. The summed E-state index contributed by atoms with van der Waals surface area (Å²) in [6, 6.07) is 0. The molecule has 0 saturated carbocycles. The molecule has 0 radical (unpaired) electrons. The van der Waals surface area contributed by atoms with Crippen LogP contribution < -0.4 is 0 Å². The van der Waals surface area contributed by atoms with Gasteiger partial charge in [-0.2, -0.15) is 0 Å². The number of hydrogen-bond acceptors (Lipinski definition) is 6. The Labute approximate surface area is 213 Å². The normalized spacial score (nSPS) is 17.8. The minimum Gasteiger partial charge on any atom is -0.427 e. The third-order valence-corrected chi connectivity index (χ3v) is 5.88. The molecule has 0 aromatic rings. The maximum Gasteiger partial charge on any atom is 0.311 e. The van der Waals surface area contributed by atoms with Crippen molar-refractivity contribution in [2.75, 3.05) is 6.61 Å². The Morgan fingerprint density at radius 2 is 1.34 bits per heavy atom. The molecule has 6 nitrogen and oxygen atoms in total. The van der Waals surface area contributed by atoms with Crippen molar-refractivity contribution in [3.8, 4) is 0 Å². The first-order valence-corrected chi connectivity index (χ1v) is 14.0. The van der Waals surface area contributed by atoms with E-state index in [9.17, 15) is 9.59 Å². The summed E-state index contributed by atoms with van der Waals surface area (Å²) in [4.78, 5) is 25.1. The molecule has 0 fully saturated rings. The first-order chi connectivity index (χ1) is 16.9. The van der Waals surface area contributed by atoms with Gasteiger partial charge in [0.05, 0.1) is 19.1 Å². The quantitative estimate of drug-likeness (QED) is 0.0973. The Kier molecular flexibility index (Phi) is 16.7. The second kappa shape index (κ2) is 18.6. The van der Waals surface area contributed by atoms with Gasteiger partial charge in [0.15, 0.2) is 17.3 Å². The fourth-order valence-electron chi connectivity index (χ4n) is 3.95. The van der Waals surface area contributed by atoms with Crippen LogP contribution in [0.2, 0.25) is 0 Å². The van der Waals surface area contributed by atoms with E-state index in [1.54, 1.807) is 12.2 Å². The first kappa shape index (κ1) is 31.4. The van der Waals surface area contributed by atoms with E-state index in [1.807, 2.05) is 13.8 Å². The number of allylic oxidation sites excluding steroid dienone is 1. The molecule has 0 saturated heterocycles. The summed E-state index contributed by atoms with van der Waals surface area (Å²) >= 11 is 0. The van der Waals surface area contributed by atoms with Crippen LogP contribution in [0, 0.1) is 0 Å². The summed E-state index contributed by atoms with van der Waals surface area (Å²) in [6.07, 6.45) is 16.6. The van der Waals surface area contributed by atoms with Crippen molar-refractivity contribution in [1.82, 2.24) is 0 Å². The van der Waals surface area contributed by atoms with Crippen molar-refractivity contribution in [3.05, 3.63) is 23.7 Å². The molecule has 0 heterocycles.